The van der Waals surface area contributed by atoms with Gasteiger partial charge in [-0.1, -0.05) is 6.42 Å². The van der Waals surface area contributed by atoms with Gasteiger partial charge in [-0.25, -0.2) is 4.79 Å². The highest BCUT2D eigenvalue weighted by molar-refractivity contribution is 5.88. The van der Waals surface area contributed by atoms with Crippen molar-refractivity contribution in [3.8, 4) is 0 Å². The zero-order chi connectivity index (χ0) is 15.5. The van der Waals surface area contributed by atoms with Crippen LogP contribution in [0.3, 0.4) is 0 Å². The number of hydrogen-bond donors (Lipinski definition) is 3. The van der Waals surface area contributed by atoms with Gasteiger partial charge in [0, 0.05) is 12.7 Å². The summed E-state index contributed by atoms with van der Waals surface area (Å²) >= 11 is 0. The van der Waals surface area contributed by atoms with Crippen LogP contribution in [0, 0.1) is 5.92 Å². The maximum absolute atomic E-state index is 11.9. The molecule has 0 aromatic carbocycles. The maximum atomic E-state index is 11.9. The van der Waals surface area contributed by atoms with Crippen LogP contribution in [0.5, 0.6) is 0 Å². The zero-order valence-corrected chi connectivity index (χ0v) is 13.1. The molecular formula is C15H26N4O2. The third kappa shape index (κ3) is 4.74. The number of carbonyl (C=O) groups is 1. The van der Waals surface area contributed by atoms with E-state index in [4.69, 9.17) is 0 Å². The normalized spacial score (nSPS) is 22.9. The second kappa shape index (κ2) is 6.47. The molecule has 0 radical (unpaired) electrons. The van der Waals surface area contributed by atoms with Crippen LogP contribution in [0.15, 0.2) is 12.4 Å². The van der Waals surface area contributed by atoms with Gasteiger partial charge in [-0.05, 0) is 46.0 Å². The Morgan fingerprint density at radius 1 is 1.48 bits per heavy atom. The van der Waals surface area contributed by atoms with Crippen molar-refractivity contribution in [3.05, 3.63) is 12.4 Å². The van der Waals surface area contributed by atoms with E-state index in [9.17, 15) is 9.90 Å². The lowest BCUT2D eigenvalue weighted by molar-refractivity contribution is 0.101. The molecule has 1 heterocycles. The molecule has 1 saturated carbocycles. The quantitative estimate of drug-likeness (QED) is 0.800. The van der Waals surface area contributed by atoms with E-state index in [1.807, 2.05) is 10.9 Å². The first-order valence-corrected chi connectivity index (χ1v) is 7.62. The van der Waals surface area contributed by atoms with Gasteiger partial charge in [-0.15, -0.1) is 0 Å². The molecular weight excluding hydrogens is 268 g/mol. The molecule has 2 amide bonds. The number of aliphatic hydroxyl groups excluding tert-OH is 1. The monoisotopic (exact) mass is 294 g/mol. The minimum atomic E-state index is -0.219. The summed E-state index contributed by atoms with van der Waals surface area (Å²) in [6.07, 6.45) is 7.03. The van der Waals surface area contributed by atoms with Crippen molar-refractivity contribution in [3.63, 3.8) is 0 Å². The lowest BCUT2D eigenvalue weighted by atomic mass is 9.87. The summed E-state index contributed by atoms with van der Waals surface area (Å²) in [7, 11) is 0. The van der Waals surface area contributed by atoms with Crippen molar-refractivity contribution in [2.24, 2.45) is 5.92 Å². The van der Waals surface area contributed by atoms with Gasteiger partial charge in [0.2, 0.25) is 0 Å². The van der Waals surface area contributed by atoms with Crippen molar-refractivity contribution in [2.45, 2.75) is 58.1 Å². The fraction of sp³-hybridized carbons (Fsp3) is 0.733. The second-order valence-electron chi connectivity index (χ2n) is 6.87. The van der Waals surface area contributed by atoms with Gasteiger partial charge in [0.15, 0.2) is 0 Å². The number of rotatable bonds is 3. The minimum absolute atomic E-state index is 0.103. The minimum Gasteiger partial charge on any atom is -0.393 e. The molecule has 0 bridgehead atoms. The van der Waals surface area contributed by atoms with Crippen LogP contribution in [0.4, 0.5) is 10.5 Å². The van der Waals surface area contributed by atoms with Gasteiger partial charge in [-0.2, -0.15) is 5.10 Å². The number of amides is 2. The van der Waals surface area contributed by atoms with E-state index >= 15 is 0 Å². The Balaban J connectivity index is 1.78. The molecule has 6 nitrogen and oxygen atoms in total. The SMILES string of the molecule is CC(C)(C)n1cc(NC(=O)NCC2CCCC(O)C2)cn1. The molecule has 1 aromatic rings. The first kappa shape index (κ1) is 15.8. The van der Waals surface area contributed by atoms with Crippen molar-refractivity contribution < 1.29 is 9.90 Å². The average Bonchev–Trinajstić information content (AvgIpc) is 2.85. The molecule has 1 aliphatic rings. The number of hydrogen-bond acceptors (Lipinski definition) is 3. The third-order valence-corrected chi connectivity index (χ3v) is 3.83. The highest BCUT2D eigenvalue weighted by Crippen LogP contribution is 2.23. The molecule has 1 fully saturated rings. The number of nitrogens with zero attached hydrogens (tertiary/aromatic N) is 2. The molecule has 21 heavy (non-hydrogen) atoms. The summed E-state index contributed by atoms with van der Waals surface area (Å²) < 4.78 is 1.82. The van der Waals surface area contributed by atoms with Crippen LogP contribution in [0.25, 0.3) is 0 Å². The van der Waals surface area contributed by atoms with Gasteiger partial charge >= 0.3 is 6.03 Å². The van der Waals surface area contributed by atoms with E-state index in [0.717, 1.165) is 25.7 Å². The number of anilines is 1. The van der Waals surface area contributed by atoms with Crippen molar-refractivity contribution in [1.29, 1.82) is 0 Å². The Morgan fingerprint density at radius 3 is 2.86 bits per heavy atom. The lowest BCUT2D eigenvalue weighted by Crippen LogP contribution is -2.35. The van der Waals surface area contributed by atoms with Gasteiger partial charge in [0.25, 0.3) is 0 Å². The van der Waals surface area contributed by atoms with E-state index in [1.54, 1.807) is 6.20 Å². The smallest absolute Gasteiger partial charge is 0.319 e. The number of aromatic nitrogens is 2. The van der Waals surface area contributed by atoms with Gasteiger partial charge in [-0.3, -0.25) is 4.68 Å². The average molecular weight is 294 g/mol. The predicted octanol–water partition coefficient (Wildman–Crippen LogP) is 2.31. The van der Waals surface area contributed by atoms with Crippen LogP contribution in [0.1, 0.15) is 46.5 Å². The van der Waals surface area contributed by atoms with E-state index in [-0.39, 0.29) is 17.7 Å². The van der Waals surface area contributed by atoms with E-state index < -0.39 is 0 Å². The summed E-state index contributed by atoms with van der Waals surface area (Å²) in [6, 6.07) is -0.219. The van der Waals surface area contributed by atoms with Crippen LogP contribution in [-0.2, 0) is 5.54 Å². The first-order chi connectivity index (χ1) is 9.84. The number of nitrogens with one attached hydrogen (secondary N) is 2. The van der Waals surface area contributed by atoms with Crippen LogP contribution < -0.4 is 10.6 Å². The molecule has 0 saturated heterocycles. The molecule has 118 valence electrons. The molecule has 2 rings (SSSR count). The Labute approximate surface area is 125 Å². The number of aliphatic hydroxyl groups is 1. The Morgan fingerprint density at radius 2 is 2.24 bits per heavy atom. The molecule has 1 aromatic heterocycles. The third-order valence-electron chi connectivity index (χ3n) is 3.83. The largest absolute Gasteiger partial charge is 0.393 e. The summed E-state index contributed by atoms with van der Waals surface area (Å²) in [5.41, 5.74) is 0.584. The molecule has 2 atom stereocenters. The molecule has 1 aliphatic carbocycles. The lowest BCUT2D eigenvalue weighted by Gasteiger charge is -2.25. The van der Waals surface area contributed by atoms with Crippen molar-refractivity contribution >= 4 is 11.7 Å². The topological polar surface area (TPSA) is 79.2 Å². The standard InChI is InChI=1S/C15H26N4O2/c1-15(2,3)19-10-12(9-17-19)18-14(21)16-8-11-5-4-6-13(20)7-11/h9-11,13,20H,4-8H2,1-3H3,(H2,16,18,21). The Hall–Kier alpha value is -1.56. The fourth-order valence-corrected chi connectivity index (χ4v) is 2.61. The molecule has 6 heteroatoms. The molecule has 2 unspecified atom stereocenters. The van der Waals surface area contributed by atoms with E-state index in [2.05, 4.69) is 36.5 Å². The van der Waals surface area contributed by atoms with Crippen molar-refractivity contribution in [2.75, 3.05) is 11.9 Å². The summed E-state index contributed by atoms with van der Waals surface area (Å²) in [5.74, 6) is 0.372. The summed E-state index contributed by atoms with van der Waals surface area (Å²) in [4.78, 5) is 11.9. The predicted molar refractivity (Wildman–Crippen MR) is 82.2 cm³/mol. The first-order valence-electron chi connectivity index (χ1n) is 7.62. The number of carbonyl (C=O) groups excluding carboxylic acids is 1. The Bertz CT molecular complexity index is 478. The molecule has 0 spiro atoms. The molecule has 3 N–H and O–H groups in total. The summed E-state index contributed by atoms with van der Waals surface area (Å²) in [6.45, 7) is 6.77. The maximum Gasteiger partial charge on any atom is 0.319 e. The fourth-order valence-electron chi connectivity index (χ4n) is 2.61. The van der Waals surface area contributed by atoms with Gasteiger partial charge in [0.1, 0.15) is 0 Å². The van der Waals surface area contributed by atoms with Crippen LogP contribution in [0.2, 0.25) is 0 Å². The zero-order valence-electron chi connectivity index (χ0n) is 13.1. The second-order valence-corrected chi connectivity index (χ2v) is 6.87. The van der Waals surface area contributed by atoms with E-state index in [1.165, 1.54) is 0 Å². The van der Waals surface area contributed by atoms with Crippen LogP contribution >= 0.6 is 0 Å². The Kier molecular flexibility index (Phi) is 4.88. The summed E-state index contributed by atoms with van der Waals surface area (Å²) in [5, 5.41) is 19.5. The van der Waals surface area contributed by atoms with E-state index in [0.29, 0.717) is 18.2 Å². The van der Waals surface area contributed by atoms with Crippen molar-refractivity contribution in [1.82, 2.24) is 15.1 Å². The highest BCUT2D eigenvalue weighted by atomic mass is 16.3. The highest BCUT2D eigenvalue weighted by Gasteiger charge is 2.20. The van der Waals surface area contributed by atoms with Gasteiger partial charge < -0.3 is 15.7 Å². The van der Waals surface area contributed by atoms with Gasteiger partial charge in [0.05, 0.1) is 23.5 Å². The van der Waals surface area contributed by atoms with Crippen LogP contribution in [-0.4, -0.2) is 33.6 Å². The number of urea groups is 1. The molecule has 0 aliphatic heterocycles.